The molecule has 0 saturated heterocycles. The second kappa shape index (κ2) is 13.2. The van der Waals surface area contributed by atoms with Crippen LogP contribution in [-0.2, 0) is 10.4 Å². The highest BCUT2D eigenvalue weighted by atomic mass is 35.5. The lowest BCUT2D eigenvalue weighted by Crippen LogP contribution is -2.55. The van der Waals surface area contributed by atoms with Gasteiger partial charge in [0.05, 0.1) is 5.56 Å². The summed E-state index contributed by atoms with van der Waals surface area (Å²) in [4.78, 5) is 34.1. The number of carbonyl (C=O) groups excluding carboxylic acids is 2. The van der Waals surface area contributed by atoms with E-state index in [9.17, 15) is 27.9 Å². The van der Waals surface area contributed by atoms with Gasteiger partial charge in [0, 0.05) is 46.3 Å². The number of alkyl halides is 3. The zero-order chi connectivity index (χ0) is 29.7. The Balaban J connectivity index is 1.59. The number of unbranched alkanes of at least 4 members (excludes halogenated alkanes) is 2. The minimum absolute atomic E-state index is 0.0682. The third-order valence-electron chi connectivity index (χ3n) is 7.13. The molecular formula is C29H38ClF3N4O3. The van der Waals surface area contributed by atoms with Crippen molar-refractivity contribution in [2.24, 2.45) is 0 Å². The molecule has 0 aliphatic heterocycles. The molecule has 220 valence electrons. The summed E-state index contributed by atoms with van der Waals surface area (Å²) in [6.45, 7) is 3.43. The van der Waals surface area contributed by atoms with Crippen molar-refractivity contribution in [1.82, 2.24) is 14.8 Å². The average Bonchev–Trinajstić information content (AvgIpc) is 3.76. The van der Waals surface area contributed by atoms with Crippen LogP contribution in [0.3, 0.4) is 0 Å². The summed E-state index contributed by atoms with van der Waals surface area (Å²) >= 11 is 6.28. The lowest BCUT2D eigenvalue weighted by molar-refractivity contribution is -0.261. The molecule has 1 saturated carbocycles. The SMILES string of the molecule is CCCN(CCCCCN(C)C(=O)[C@@](O)(c1cccc(C2CC2)c1)C(F)(F)F)c1ccc(C(=O)N(C)C)c(Cl)n1. The van der Waals surface area contributed by atoms with Crippen LogP contribution in [0.2, 0.25) is 5.15 Å². The summed E-state index contributed by atoms with van der Waals surface area (Å²) in [6.07, 6.45) is -0.723. The third-order valence-corrected chi connectivity index (χ3v) is 7.42. The molecule has 1 atom stereocenters. The minimum atomic E-state index is -5.16. The molecule has 40 heavy (non-hydrogen) atoms. The molecule has 1 aliphatic rings. The molecule has 0 unspecified atom stereocenters. The number of hydrogen-bond donors (Lipinski definition) is 1. The van der Waals surface area contributed by atoms with Gasteiger partial charge in [0.1, 0.15) is 11.0 Å². The zero-order valence-corrected chi connectivity index (χ0v) is 24.2. The Morgan fingerprint density at radius 3 is 2.27 bits per heavy atom. The smallest absolute Gasteiger partial charge is 0.369 e. The Morgan fingerprint density at radius 2 is 1.70 bits per heavy atom. The van der Waals surface area contributed by atoms with Crippen LogP contribution in [0.1, 0.15) is 72.9 Å². The summed E-state index contributed by atoms with van der Waals surface area (Å²) in [6, 6.07) is 9.07. The Labute approximate surface area is 238 Å². The molecule has 11 heteroatoms. The number of nitrogens with zero attached hydrogens (tertiary/aromatic N) is 4. The van der Waals surface area contributed by atoms with Gasteiger partial charge in [-0.3, -0.25) is 9.59 Å². The number of amides is 2. The number of aliphatic hydroxyl groups is 1. The van der Waals surface area contributed by atoms with E-state index >= 15 is 0 Å². The van der Waals surface area contributed by atoms with E-state index in [2.05, 4.69) is 4.98 Å². The summed E-state index contributed by atoms with van der Waals surface area (Å²) in [7, 11) is 4.56. The molecule has 1 aromatic carbocycles. The number of benzene rings is 1. The number of aromatic nitrogens is 1. The molecule has 1 heterocycles. The maximum absolute atomic E-state index is 14.1. The van der Waals surface area contributed by atoms with Crippen LogP contribution in [0, 0.1) is 0 Å². The van der Waals surface area contributed by atoms with Crippen molar-refractivity contribution in [1.29, 1.82) is 0 Å². The monoisotopic (exact) mass is 582 g/mol. The van der Waals surface area contributed by atoms with E-state index in [-0.39, 0.29) is 23.5 Å². The predicted molar refractivity (Wildman–Crippen MR) is 150 cm³/mol. The Bertz CT molecular complexity index is 1190. The highest BCUT2D eigenvalue weighted by Gasteiger charge is 2.61. The molecule has 3 rings (SSSR count). The number of rotatable bonds is 13. The number of likely N-dealkylation sites (N-methyl/N-ethyl adjacent to an activating group) is 1. The first-order valence-electron chi connectivity index (χ1n) is 13.6. The van der Waals surface area contributed by atoms with Crippen molar-refractivity contribution >= 4 is 29.2 Å². The normalized spacial score (nSPS) is 14.9. The van der Waals surface area contributed by atoms with Gasteiger partial charge in [0.15, 0.2) is 0 Å². The highest BCUT2D eigenvalue weighted by Crippen LogP contribution is 2.44. The van der Waals surface area contributed by atoms with Gasteiger partial charge in [-0.2, -0.15) is 13.2 Å². The first kappa shape index (κ1) is 31.7. The summed E-state index contributed by atoms with van der Waals surface area (Å²) in [5, 5.41) is 10.9. The number of carbonyl (C=O) groups is 2. The molecule has 7 nitrogen and oxygen atoms in total. The topological polar surface area (TPSA) is 77.0 Å². The molecule has 1 N–H and O–H groups in total. The Morgan fingerprint density at radius 1 is 1.02 bits per heavy atom. The van der Waals surface area contributed by atoms with E-state index in [1.807, 2.05) is 11.8 Å². The van der Waals surface area contributed by atoms with Gasteiger partial charge in [-0.1, -0.05) is 42.8 Å². The van der Waals surface area contributed by atoms with Crippen molar-refractivity contribution < 1.29 is 27.9 Å². The van der Waals surface area contributed by atoms with Gasteiger partial charge in [0.25, 0.3) is 17.4 Å². The summed E-state index contributed by atoms with van der Waals surface area (Å²) in [5.41, 5.74) is -3.02. The fourth-order valence-electron chi connectivity index (χ4n) is 4.66. The number of anilines is 1. The first-order valence-corrected chi connectivity index (χ1v) is 14.0. The second-order valence-electron chi connectivity index (χ2n) is 10.6. The molecular weight excluding hydrogens is 545 g/mol. The Kier molecular flexibility index (Phi) is 10.5. The van der Waals surface area contributed by atoms with Crippen LogP contribution >= 0.6 is 11.6 Å². The van der Waals surface area contributed by atoms with Crippen molar-refractivity contribution in [3.63, 3.8) is 0 Å². The number of halogens is 4. The molecule has 2 amide bonds. The maximum atomic E-state index is 14.1. The molecule has 2 aromatic rings. The molecule has 0 spiro atoms. The molecule has 1 aliphatic carbocycles. The lowest BCUT2D eigenvalue weighted by atomic mass is 9.89. The minimum Gasteiger partial charge on any atom is -0.369 e. The van der Waals surface area contributed by atoms with Crippen LogP contribution in [0.25, 0.3) is 0 Å². The van der Waals surface area contributed by atoms with Crippen LogP contribution in [-0.4, -0.2) is 78.7 Å². The van der Waals surface area contributed by atoms with Gasteiger partial charge in [-0.25, -0.2) is 4.98 Å². The number of pyridine rings is 1. The summed E-state index contributed by atoms with van der Waals surface area (Å²) in [5.74, 6) is -0.801. The van der Waals surface area contributed by atoms with Gasteiger partial charge >= 0.3 is 6.18 Å². The van der Waals surface area contributed by atoms with Crippen molar-refractivity contribution in [3.8, 4) is 0 Å². The number of hydrogen-bond acceptors (Lipinski definition) is 5. The third kappa shape index (κ3) is 7.26. The van der Waals surface area contributed by atoms with Gasteiger partial charge in [-0.05, 0) is 62.1 Å². The molecule has 1 fully saturated rings. The quantitative estimate of drug-likeness (QED) is 0.245. The van der Waals surface area contributed by atoms with E-state index in [0.29, 0.717) is 49.3 Å². The predicted octanol–water partition coefficient (Wildman–Crippen LogP) is 5.61. The van der Waals surface area contributed by atoms with Gasteiger partial charge in [-0.15, -0.1) is 0 Å². The van der Waals surface area contributed by atoms with E-state index in [1.165, 1.54) is 24.1 Å². The van der Waals surface area contributed by atoms with Crippen LogP contribution in [0.4, 0.5) is 19.0 Å². The second-order valence-corrected chi connectivity index (χ2v) is 10.9. The van der Waals surface area contributed by atoms with E-state index < -0.39 is 23.2 Å². The maximum Gasteiger partial charge on any atom is 0.430 e. The van der Waals surface area contributed by atoms with Crippen LogP contribution in [0.15, 0.2) is 36.4 Å². The first-order chi connectivity index (χ1) is 18.8. The van der Waals surface area contributed by atoms with Gasteiger partial charge in [0.2, 0.25) is 0 Å². The van der Waals surface area contributed by atoms with Crippen LogP contribution in [0.5, 0.6) is 0 Å². The van der Waals surface area contributed by atoms with Crippen molar-refractivity contribution in [2.75, 3.05) is 45.7 Å². The highest BCUT2D eigenvalue weighted by molar-refractivity contribution is 6.32. The van der Waals surface area contributed by atoms with E-state index in [1.54, 1.807) is 32.3 Å². The lowest BCUT2D eigenvalue weighted by Gasteiger charge is -2.33. The van der Waals surface area contributed by atoms with Crippen LogP contribution < -0.4 is 4.90 Å². The van der Waals surface area contributed by atoms with Crippen molar-refractivity contribution in [3.05, 3.63) is 58.2 Å². The van der Waals surface area contributed by atoms with E-state index in [4.69, 9.17) is 11.6 Å². The average molecular weight is 583 g/mol. The summed E-state index contributed by atoms with van der Waals surface area (Å²) < 4.78 is 42.3. The largest absolute Gasteiger partial charge is 0.430 e. The van der Waals surface area contributed by atoms with Crippen molar-refractivity contribution in [2.45, 2.75) is 63.1 Å². The fraction of sp³-hybridized carbons (Fsp3) is 0.552. The fourth-order valence-corrected chi connectivity index (χ4v) is 4.89. The van der Waals surface area contributed by atoms with Gasteiger partial charge < -0.3 is 19.8 Å². The standard InChI is InChI=1S/C29H38ClF3N4O3/c1-5-16-37(24-15-14-23(25(30)34-24)26(38)35(2)3)18-8-6-7-17-36(4)27(39)28(40,29(31,32)33)22-11-9-10-21(19-22)20-12-13-20/h9-11,14-15,19-20,40H,5-8,12-13,16-18H2,1-4H3/t28-/m0/s1. The molecule has 1 aromatic heterocycles. The van der Waals surface area contributed by atoms with E-state index in [0.717, 1.165) is 30.2 Å². The Hall–Kier alpha value is -2.85. The zero-order valence-electron chi connectivity index (χ0n) is 23.5. The molecule has 0 bridgehead atoms. The molecule has 0 radical (unpaired) electrons.